The molecule has 0 spiro atoms. The lowest BCUT2D eigenvalue weighted by molar-refractivity contribution is 0.0114. The van der Waals surface area contributed by atoms with Gasteiger partial charge in [-0.05, 0) is 31.0 Å². The van der Waals surface area contributed by atoms with Crippen molar-refractivity contribution in [2.75, 3.05) is 40.6 Å². The van der Waals surface area contributed by atoms with Crippen LogP contribution in [0.4, 0.5) is 0 Å². The molecule has 0 radical (unpaired) electrons. The van der Waals surface area contributed by atoms with Gasteiger partial charge >= 0.3 is 0 Å². The molecule has 0 saturated heterocycles. The minimum atomic E-state index is -0.806. The molecular formula is C18H27NO6. The third kappa shape index (κ3) is 5.40. The van der Waals surface area contributed by atoms with Crippen molar-refractivity contribution in [1.82, 2.24) is 5.32 Å². The fourth-order valence-corrected chi connectivity index (χ4v) is 3.12. The van der Waals surface area contributed by atoms with Crippen molar-refractivity contribution in [3.05, 3.63) is 29.8 Å². The number of methoxy groups -OCH3 is 2. The zero-order chi connectivity index (χ0) is 18.3. The highest BCUT2D eigenvalue weighted by Gasteiger charge is 2.44. The Morgan fingerprint density at radius 3 is 2.60 bits per heavy atom. The Labute approximate surface area is 147 Å². The standard InChI is InChI=1S/C18H27NO6/c1-23-6-7-25-12-18(9-15(20)16(21)10-18)11-19-17(22)13-4-3-5-14(8-13)24-2/h3-5,8,15-16,20-21H,6-7,9-12H2,1-2H3,(H,19,22)/t15-,16+,18?. The van der Waals surface area contributed by atoms with Crippen LogP contribution < -0.4 is 10.1 Å². The molecular weight excluding hydrogens is 326 g/mol. The molecule has 1 aliphatic carbocycles. The third-order valence-electron chi connectivity index (χ3n) is 4.52. The SMILES string of the molecule is COCCOCC1(CNC(=O)c2cccc(OC)c2)C[C@@H](O)[C@@H](O)C1. The third-order valence-corrected chi connectivity index (χ3v) is 4.52. The minimum Gasteiger partial charge on any atom is -0.497 e. The van der Waals surface area contributed by atoms with E-state index >= 15 is 0 Å². The van der Waals surface area contributed by atoms with Crippen molar-refractivity contribution in [2.24, 2.45) is 5.41 Å². The number of nitrogens with one attached hydrogen (secondary N) is 1. The monoisotopic (exact) mass is 353 g/mol. The Kier molecular flexibility index (Phi) is 7.19. The van der Waals surface area contributed by atoms with Gasteiger partial charge in [0.1, 0.15) is 5.75 Å². The molecule has 7 nitrogen and oxygen atoms in total. The van der Waals surface area contributed by atoms with Crippen molar-refractivity contribution in [3.63, 3.8) is 0 Å². The maximum atomic E-state index is 12.4. The summed E-state index contributed by atoms with van der Waals surface area (Å²) in [4.78, 5) is 12.4. The maximum absolute atomic E-state index is 12.4. The predicted molar refractivity (Wildman–Crippen MR) is 91.7 cm³/mol. The first-order valence-corrected chi connectivity index (χ1v) is 8.35. The first-order chi connectivity index (χ1) is 12.0. The average Bonchev–Trinajstić information content (AvgIpc) is 2.91. The summed E-state index contributed by atoms with van der Waals surface area (Å²) in [6.07, 6.45) is -0.862. The Morgan fingerprint density at radius 1 is 1.24 bits per heavy atom. The molecule has 1 fully saturated rings. The van der Waals surface area contributed by atoms with Crippen LogP contribution in [-0.4, -0.2) is 68.9 Å². The number of benzene rings is 1. The average molecular weight is 353 g/mol. The molecule has 1 amide bonds. The highest BCUT2D eigenvalue weighted by molar-refractivity contribution is 5.94. The van der Waals surface area contributed by atoms with Gasteiger partial charge in [-0.1, -0.05) is 6.07 Å². The Balaban J connectivity index is 1.97. The van der Waals surface area contributed by atoms with Crippen LogP contribution in [0.5, 0.6) is 5.75 Å². The van der Waals surface area contributed by atoms with Gasteiger partial charge in [-0.2, -0.15) is 0 Å². The fraction of sp³-hybridized carbons (Fsp3) is 0.611. The predicted octanol–water partition coefficient (Wildman–Crippen LogP) is 0.590. The molecule has 3 N–H and O–H groups in total. The summed E-state index contributed by atoms with van der Waals surface area (Å²) in [6, 6.07) is 6.89. The number of rotatable bonds is 9. The summed E-state index contributed by atoms with van der Waals surface area (Å²) in [5, 5.41) is 22.7. The Morgan fingerprint density at radius 2 is 1.96 bits per heavy atom. The van der Waals surface area contributed by atoms with Crippen LogP contribution in [0.3, 0.4) is 0 Å². The molecule has 1 saturated carbocycles. The number of carbonyl (C=O) groups is 1. The van der Waals surface area contributed by atoms with E-state index in [1.807, 2.05) is 0 Å². The zero-order valence-corrected chi connectivity index (χ0v) is 14.7. The van der Waals surface area contributed by atoms with E-state index in [1.165, 1.54) is 0 Å². The number of aliphatic hydroxyl groups is 2. The van der Waals surface area contributed by atoms with Gasteiger partial charge in [0.05, 0.1) is 39.1 Å². The van der Waals surface area contributed by atoms with E-state index < -0.39 is 17.6 Å². The number of carbonyl (C=O) groups excluding carboxylic acids is 1. The largest absolute Gasteiger partial charge is 0.497 e. The van der Waals surface area contributed by atoms with Gasteiger partial charge < -0.3 is 29.7 Å². The van der Waals surface area contributed by atoms with E-state index in [4.69, 9.17) is 14.2 Å². The highest BCUT2D eigenvalue weighted by atomic mass is 16.5. The lowest BCUT2D eigenvalue weighted by Crippen LogP contribution is -2.40. The normalized spacial score (nSPS) is 25.8. The van der Waals surface area contributed by atoms with Crippen LogP contribution in [0.25, 0.3) is 0 Å². The lowest BCUT2D eigenvalue weighted by atomic mass is 9.86. The second kappa shape index (κ2) is 9.15. The molecule has 0 bridgehead atoms. The number of hydrogen-bond donors (Lipinski definition) is 3. The molecule has 1 aromatic rings. The van der Waals surface area contributed by atoms with Crippen molar-refractivity contribution in [2.45, 2.75) is 25.0 Å². The van der Waals surface area contributed by atoms with Crippen molar-refractivity contribution < 1.29 is 29.2 Å². The summed E-state index contributed by atoms with van der Waals surface area (Å²) in [7, 11) is 3.14. The fourth-order valence-electron chi connectivity index (χ4n) is 3.12. The molecule has 1 unspecified atom stereocenters. The van der Waals surface area contributed by atoms with Crippen LogP contribution in [0.2, 0.25) is 0 Å². The van der Waals surface area contributed by atoms with Crippen molar-refractivity contribution >= 4 is 5.91 Å². The highest BCUT2D eigenvalue weighted by Crippen LogP contribution is 2.38. The summed E-state index contributed by atoms with van der Waals surface area (Å²) < 4.78 is 15.7. The zero-order valence-electron chi connectivity index (χ0n) is 14.7. The second-order valence-electron chi connectivity index (χ2n) is 6.50. The first-order valence-electron chi connectivity index (χ1n) is 8.35. The number of ether oxygens (including phenoxy) is 3. The van der Waals surface area contributed by atoms with E-state index in [2.05, 4.69) is 5.32 Å². The molecule has 7 heteroatoms. The summed E-state index contributed by atoms with van der Waals surface area (Å²) in [5.41, 5.74) is -0.00456. The van der Waals surface area contributed by atoms with Gasteiger partial charge in [0, 0.05) is 24.6 Å². The number of amides is 1. The molecule has 2 rings (SSSR count). The molecule has 3 atom stereocenters. The first kappa shape index (κ1) is 19.7. The summed E-state index contributed by atoms with van der Waals surface area (Å²) in [6.45, 7) is 1.54. The van der Waals surface area contributed by atoms with Crippen LogP contribution in [0, 0.1) is 5.41 Å². The van der Waals surface area contributed by atoms with Gasteiger partial charge in [-0.15, -0.1) is 0 Å². The van der Waals surface area contributed by atoms with Gasteiger partial charge in [0.2, 0.25) is 0 Å². The Hall–Kier alpha value is -1.67. The van der Waals surface area contributed by atoms with Gasteiger partial charge in [-0.3, -0.25) is 4.79 Å². The number of hydrogen-bond acceptors (Lipinski definition) is 6. The van der Waals surface area contributed by atoms with Crippen LogP contribution in [-0.2, 0) is 9.47 Å². The van der Waals surface area contributed by atoms with Crippen LogP contribution in [0.15, 0.2) is 24.3 Å². The van der Waals surface area contributed by atoms with E-state index in [-0.39, 0.29) is 5.91 Å². The molecule has 25 heavy (non-hydrogen) atoms. The molecule has 0 heterocycles. The van der Waals surface area contributed by atoms with Gasteiger partial charge in [-0.25, -0.2) is 0 Å². The van der Waals surface area contributed by atoms with E-state index in [0.29, 0.717) is 50.5 Å². The van der Waals surface area contributed by atoms with E-state index in [0.717, 1.165) is 0 Å². The van der Waals surface area contributed by atoms with Crippen molar-refractivity contribution in [3.8, 4) is 5.75 Å². The lowest BCUT2D eigenvalue weighted by Gasteiger charge is -2.29. The molecule has 140 valence electrons. The maximum Gasteiger partial charge on any atom is 0.251 e. The second-order valence-corrected chi connectivity index (χ2v) is 6.50. The van der Waals surface area contributed by atoms with Crippen molar-refractivity contribution in [1.29, 1.82) is 0 Å². The summed E-state index contributed by atoms with van der Waals surface area (Å²) in [5.74, 6) is 0.378. The summed E-state index contributed by atoms with van der Waals surface area (Å²) >= 11 is 0. The topological polar surface area (TPSA) is 97.3 Å². The number of aliphatic hydroxyl groups excluding tert-OH is 2. The molecule has 1 aromatic carbocycles. The Bertz CT molecular complexity index is 554. The van der Waals surface area contributed by atoms with Gasteiger partial charge in [0.25, 0.3) is 5.91 Å². The van der Waals surface area contributed by atoms with Crippen LogP contribution in [0.1, 0.15) is 23.2 Å². The quantitative estimate of drug-likeness (QED) is 0.562. The van der Waals surface area contributed by atoms with Gasteiger partial charge in [0.15, 0.2) is 0 Å². The molecule has 0 aromatic heterocycles. The molecule has 1 aliphatic rings. The van der Waals surface area contributed by atoms with E-state index in [9.17, 15) is 15.0 Å². The van der Waals surface area contributed by atoms with Crippen LogP contribution >= 0.6 is 0 Å². The van der Waals surface area contributed by atoms with E-state index in [1.54, 1.807) is 38.5 Å². The molecule has 0 aliphatic heterocycles. The minimum absolute atomic E-state index is 0.231. The smallest absolute Gasteiger partial charge is 0.251 e.